The SMILES string of the molecule is CCN1C(=O)CS[C@@H]1c1cn(Cc2cccc(C#N)c2)nn1. The fraction of sp³-hybridized carbons (Fsp3) is 0.333. The third-order valence-electron chi connectivity index (χ3n) is 3.52. The second-order valence-electron chi connectivity index (χ2n) is 5.00. The van der Waals surface area contributed by atoms with Crippen LogP contribution in [0.5, 0.6) is 0 Å². The van der Waals surface area contributed by atoms with Gasteiger partial charge < -0.3 is 4.90 Å². The number of benzene rings is 1. The Kier molecular flexibility index (Phi) is 4.11. The van der Waals surface area contributed by atoms with Crippen LogP contribution < -0.4 is 0 Å². The number of aromatic nitrogens is 3. The molecule has 0 radical (unpaired) electrons. The first-order valence-corrected chi connectivity index (χ1v) is 8.06. The van der Waals surface area contributed by atoms with Crippen molar-refractivity contribution in [3.8, 4) is 6.07 Å². The first-order valence-electron chi connectivity index (χ1n) is 7.01. The third-order valence-corrected chi connectivity index (χ3v) is 4.74. The van der Waals surface area contributed by atoms with E-state index in [-0.39, 0.29) is 11.3 Å². The molecule has 0 bridgehead atoms. The topological polar surface area (TPSA) is 74.8 Å². The zero-order valence-electron chi connectivity index (χ0n) is 12.1. The van der Waals surface area contributed by atoms with Crippen molar-refractivity contribution >= 4 is 17.7 Å². The van der Waals surface area contributed by atoms with Gasteiger partial charge in [-0.3, -0.25) is 4.79 Å². The molecule has 2 heterocycles. The van der Waals surface area contributed by atoms with Gasteiger partial charge in [-0.2, -0.15) is 5.26 Å². The Morgan fingerprint density at radius 1 is 1.50 bits per heavy atom. The molecule has 1 aromatic carbocycles. The Hall–Kier alpha value is -2.33. The van der Waals surface area contributed by atoms with Crippen molar-refractivity contribution in [2.45, 2.75) is 18.8 Å². The molecular formula is C15H15N5OS. The van der Waals surface area contributed by atoms with Crippen molar-refractivity contribution in [1.82, 2.24) is 19.9 Å². The van der Waals surface area contributed by atoms with E-state index >= 15 is 0 Å². The lowest BCUT2D eigenvalue weighted by Crippen LogP contribution is -2.27. The monoisotopic (exact) mass is 313 g/mol. The quantitative estimate of drug-likeness (QED) is 0.860. The second-order valence-corrected chi connectivity index (χ2v) is 6.06. The lowest BCUT2D eigenvalue weighted by atomic mass is 10.1. The van der Waals surface area contributed by atoms with Crippen LogP contribution in [-0.2, 0) is 11.3 Å². The van der Waals surface area contributed by atoms with Crippen LogP contribution in [0, 0.1) is 11.3 Å². The molecule has 0 N–H and O–H groups in total. The standard InChI is InChI=1S/C15H15N5OS/c1-2-20-14(21)10-22-15(20)13-9-19(18-17-13)8-12-5-3-4-11(6-12)7-16/h3-6,9,15H,2,8,10H2,1H3/t15-/m1/s1. The van der Waals surface area contributed by atoms with E-state index in [1.807, 2.05) is 36.2 Å². The van der Waals surface area contributed by atoms with Crippen LogP contribution >= 0.6 is 11.8 Å². The van der Waals surface area contributed by atoms with Gasteiger partial charge in [-0.05, 0) is 24.6 Å². The molecule has 1 amide bonds. The molecule has 1 atom stereocenters. The van der Waals surface area contributed by atoms with Crippen molar-refractivity contribution in [3.63, 3.8) is 0 Å². The fourth-order valence-corrected chi connectivity index (χ4v) is 3.66. The minimum Gasteiger partial charge on any atom is -0.324 e. The Bertz CT molecular complexity index is 736. The highest BCUT2D eigenvalue weighted by Gasteiger charge is 2.33. The summed E-state index contributed by atoms with van der Waals surface area (Å²) in [4.78, 5) is 13.6. The van der Waals surface area contributed by atoms with Gasteiger partial charge in [0.1, 0.15) is 11.1 Å². The molecule has 1 saturated heterocycles. The number of carbonyl (C=O) groups excluding carboxylic acids is 1. The minimum absolute atomic E-state index is 0.0447. The average molecular weight is 313 g/mol. The zero-order valence-corrected chi connectivity index (χ0v) is 13.0. The summed E-state index contributed by atoms with van der Waals surface area (Å²) in [5.74, 6) is 0.643. The largest absolute Gasteiger partial charge is 0.324 e. The minimum atomic E-state index is -0.0447. The van der Waals surface area contributed by atoms with Crippen LogP contribution in [0.25, 0.3) is 0 Å². The molecule has 0 saturated carbocycles. The molecule has 1 aliphatic heterocycles. The zero-order chi connectivity index (χ0) is 15.5. The Morgan fingerprint density at radius 3 is 3.14 bits per heavy atom. The van der Waals surface area contributed by atoms with E-state index in [1.54, 1.807) is 22.5 Å². The van der Waals surface area contributed by atoms with Crippen molar-refractivity contribution in [2.24, 2.45) is 0 Å². The number of thioether (sulfide) groups is 1. The summed E-state index contributed by atoms with van der Waals surface area (Å²) in [6.45, 7) is 3.20. The summed E-state index contributed by atoms with van der Waals surface area (Å²) in [5, 5.41) is 17.2. The lowest BCUT2D eigenvalue weighted by Gasteiger charge is -2.19. The van der Waals surface area contributed by atoms with Gasteiger partial charge in [0.2, 0.25) is 5.91 Å². The number of hydrogen-bond donors (Lipinski definition) is 0. The van der Waals surface area contributed by atoms with Crippen LogP contribution in [-0.4, -0.2) is 38.1 Å². The fourth-order valence-electron chi connectivity index (χ4n) is 2.47. The van der Waals surface area contributed by atoms with Crippen LogP contribution in [0.1, 0.15) is 29.1 Å². The van der Waals surface area contributed by atoms with E-state index in [1.165, 1.54) is 0 Å². The van der Waals surface area contributed by atoms with Crippen molar-refractivity contribution < 1.29 is 4.79 Å². The van der Waals surface area contributed by atoms with Crippen LogP contribution in [0.4, 0.5) is 0 Å². The van der Waals surface area contributed by atoms with Crippen LogP contribution in [0.2, 0.25) is 0 Å². The summed E-state index contributed by atoms with van der Waals surface area (Å²) < 4.78 is 1.74. The summed E-state index contributed by atoms with van der Waals surface area (Å²) in [6, 6.07) is 9.55. The van der Waals surface area contributed by atoms with Gasteiger partial charge in [-0.15, -0.1) is 16.9 Å². The van der Waals surface area contributed by atoms with Crippen molar-refractivity contribution in [2.75, 3.05) is 12.3 Å². The van der Waals surface area contributed by atoms with E-state index in [4.69, 9.17) is 5.26 Å². The normalized spacial score (nSPS) is 17.7. The number of nitrogens with zero attached hydrogens (tertiary/aromatic N) is 5. The lowest BCUT2D eigenvalue weighted by molar-refractivity contribution is -0.127. The van der Waals surface area contributed by atoms with Gasteiger partial charge in [0.15, 0.2) is 0 Å². The summed E-state index contributed by atoms with van der Waals surface area (Å²) in [5.41, 5.74) is 2.43. The molecule has 22 heavy (non-hydrogen) atoms. The molecule has 1 aromatic heterocycles. The molecular weight excluding hydrogens is 298 g/mol. The summed E-state index contributed by atoms with van der Waals surface area (Å²) in [7, 11) is 0. The molecule has 2 aromatic rings. The van der Waals surface area contributed by atoms with Crippen LogP contribution in [0.3, 0.4) is 0 Å². The Morgan fingerprint density at radius 2 is 2.36 bits per heavy atom. The maximum atomic E-state index is 11.8. The molecule has 1 aliphatic rings. The molecule has 1 fully saturated rings. The number of amides is 1. The van der Waals surface area contributed by atoms with Gasteiger partial charge in [-0.25, -0.2) is 4.68 Å². The molecule has 112 valence electrons. The molecule has 6 nitrogen and oxygen atoms in total. The highest BCUT2D eigenvalue weighted by atomic mass is 32.2. The Balaban J connectivity index is 1.76. The van der Waals surface area contributed by atoms with Gasteiger partial charge in [0, 0.05) is 6.54 Å². The van der Waals surface area contributed by atoms with E-state index in [9.17, 15) is 4.79 Å². The number of hydrogen-bond acceptors (Lipinski definition) is 5. The average Bonchev–Trinajstić information content (AvgIpc) is 3.13. The molecule has 0 spiro atoms. The van der Waals surface area contributed by atoms with E-state index in [0.29, 0.717) is 24.4 Å². The molecule has 0 unspecified atom stereocenters. The van der Waals surface area contributed by atoms with E-state index < -0.39 is 0 Å². The van der Waals surface area contributed by atoms with Crippen molar-refractivity contribution in [3.05, 3.63) is 47.3 Å². The maximum absolute atomic E-state index is 11.8. The summed E-state index contributed by atoms with van der Waals surface area (Å²) >= 11 is 1.58. The second kappa shape index (κ2) is 6.20. The van der Waals surface area contributed by atoms with Gasteiger partial charge >= 0.3 is 0 Å². The first-order chi connectivity index (χ1) is 10.7. The molecule has 3 rings (SSSR count). The van der Waals surface area contributed by atoms with Gasteiger partial charge in [0.05, 0.1) is 30.1 Å². The number of rotatable bonds is 4. The first kappa shape index (κ1) is 14.6. The highest BCUT2D eigenvalue weighted by molar-refractivity contribution is 8.00. The maximum Gasteiger partial charge on any atom is 0.233 e. The number of nitriles is 1. The predicted octanol–water partition coefficient (Wildman–Crippen LogP) is 1.79. The summed E-state index contributed by atoms with van der Waals surface area (Å²) in [6.07, 6.45) is 1.87. The molecule has 0 aliphatic carbocycles. The van der Waals surface area contributed by atoms with Crippen molar-refractivity contribution in [1.29, 1.82) is 5.26 Å². The highest BCUT2D eigenvalue weighted by Crippen LogP contribution is 2.37. The molecule has 7 heteroatoms. The van der Waals surface area contributed by atoms with Crippen LogP contribution in [0.15, 0.2) is 30.5 Å². The Labute approximate surface area is 132 Å². The van der Waals surface area contributed by atoms with Gasteiger partial charge in [-0.1, -0.05) is 17.3 Å². The van der Waals surface area contributed by atoms with E-state index in [0.717, 1.165) is 11.3 Å². The van der Waals surface area contributed by atoms with Gasteiger partial charge in [0.25, 0.3) is 0 Å². The third kappa shape index (κ3) is 2.83. The smallest absolute Gasteiger partial charge is 0.233 e. The number of carbonyl (C=O) groups is 1. The van der Waals surface area contributed by atoms with E-state index in [2.05, 4.69) is 16.4 Å². The predicted molar refractivity (Wildman–Crippen MR) is 82.9 cm³/mol.